The van der Waals surface area contributed by atoms with Crippen LogP contribution in [0.5, 0.6) is 11.6 Å². The van der Waals surface area contributed by atoms with Crippen LogP contribution in [0.15, 0.2) is 28.8 Å². The first-order valence-corrected chi connectivity index (χ1v) is 16.7. The fraction of sp³-hybridized carbons (Fsp3) is 0.600. The van der Waals surface area contributed by atoms with Gasteiger partial charge in [-0.15, -0.1) is 0 Å². The van der Waals surface area contributed by atoms with Gasteiger partial charge in [-0.3, -0.25) is 9.59 Å². The summed E-state index contributed by atoms with van der Waals surface area (Å²) in [5.41, 5.74) is 1.43. The molecule has 2 aromatic heterocycles. The number of Topliss-reactive ketones (excluding diaryl/α,β-unsaturated/α-hetero) is 1. The Hall–Kier alpha value is -4.22. The molecule has 4 heterocycles. The molecular formula is C35H45N5O7. The van der Waals surface area contributed by atoms with Crippen LogP contribution < -0.4 is 14.8 Å². The Labute approximate surface area is 274 Å². The second kappa shape index (κ2) is 13.1. The molecule has 1 N–H and O–H groups in total. The van der Waals surface area contributed by atoms with Gasteiger partial charge in [0.05, 0.1) is 29.8 Å². The van der Waals surface area contributed by atoms with Crippen molar-refractivity contribution >= 4 is 28.8 Å². The van der Waals surface area contributed by atoms with Crippen LogP contribution in [0.1, 0.15) is 84.1 Å². The fourth-order valence-electron chi connectivity index (χ4n) is 6.73. The minimum absolute atomic E-state index is 0.134. The molecule has 2 fully saturated rings. The second-order valence-corrected chi connectivity index (χ2v) is 14.3. The molecule has 252 valence electrons. The van der Waals surface area contributed by atoms with Crippen LogP contribution in [0.2, 0.25) is 0 Å². The molecule has 2 amide bonds. The van der Waals surface area contributed by atoms with Gasteiger partial charge in [-0.25, -0.2) is 19.7 Å². The van der Waals surface area contributed by atoms with Gasteiger partial charge in [0.25, 0.3) is 0 Å². The number of carbonyl (C=O) groups excluding carboxylic acids is 3. The van der Waals surface area contributed by atoms with Gasteiger partial charge in [0.2, 0.25) is 17.7 Å². The van der Waals surface area contributed by atoms with E-state index in [1.165, 1.54) is 6.92 Å². The molecule has 6 rings (SSSR count). The first-order chi connectivity index (χ1) is 22.4. The number of hydrogen-bond acceptors (Lipinski definition) is 10. The average Bonchev–Trinajstić information content (AvgIpc) is 3.45. The molecule has 12 heteroatoms. The Balaban J connectivity index is 1.31. The lowest BCUT2D eigenvalue weighted by Gasteiger charge is -2.35. The second-order valence-electron chi connectivity index (χ2n) is 14.3. The summed E-state index contributed by atoms with van der Waals surface area (Å²) in [6.07, 6.45) is 5.74. The molecule has 1 aliphatic carbocycles. The molecule has 2 aliphatic heterocycles. The zero-order valence-electron chi connectivity index (χ0n) is 28.1. The normalized spacial score (nSPS) is 27.1. The largest absolute Gasteiger partial charge is 0.484 e. The fourth-order valence-corrected chi connectivity index (χ4v) is 6.73. The number of ketones is 1. The summed E-state index contributed by atoms with van der Waals surface area (Å²) in [5, 5.41) is 2.84. The molecule has 1 saturated carbocycles. The van der Waals surface area contributed by atoms with Gasteiger partial charge in [0.15, 0.2) is 12.4 Å². The van der Waals surface area contributed by atoms with Crippen molar-refractivity contribution in [1.82, 2.24) is 25.2 Å². The number of aromatic nitrogens is 3. The van der Waals surface area contributed by atoms with Crippen molar-refractivity contribution in [3.63, 3.8) is 0 Å². The smallest absolute Gasteiger partial charge is 0.408 e. The van der Waals surface area contributed by atoms with E-state index in [0.717, 1.165) is 37.8 Å². The highest BCUT2D eigenvalue weighted by molar-refractivity contribution is 5.92. The Morgan fingerprint density at radius 2 is 1.89 bits per heavy atom. The van der Waals surface area contributed by atoms with Crippen LogP contribution >= 0.6 is 0 Å². The number of nitrogens with one attached hydrogen (secondary N) is 1. The Bertz CT molecular complexity index is 1650. The number of aryl methyl sites for hydroxylation is 2. The standard InChI is InChI=1S/C35H45N5O7/c1-19-16-36-29(45-19)18-44-23-12-13-24-26(15-23)38-32-25(37-24)11-9-7-8-10-22-14-27(22)47-34(43)39-31(35(4,5)6)33(42)40-17-28(46-32)20(2)30(40)21(3)41/h12-13,15-16,20,22,27-28,30-31H,7-11,14,17-18H2,1-6H3,(H,39,43)/t20-,22-,27-,28+,30+,31-/m1/s1. The number of carbonyl (C=O) groups is 3. The minimum Gasteiger partial charge on any atom is -0.484 e. The summed E-state index contributed by atoms with van der Waals surface area (Å²) in [7, 11) is 0. The van der Waals surface area contributed by atoms with E-state index in [2.05, 4.69) is 10.3 Å². The van der Waals surface area contributed by atoms with Crippen molar-refractivity contribution < 1.29 is 33.0 Å². The number of amides is 2. The van der Waals surface area contributed by atoms with E-state index in [1.807, 2.05) is 52.8 Å². The summed E-state index contributed by atoms with van der Waals surface area (Å²) in [4.78, 5) is 55.8. The quantitative estimate of drug-likeness (QED) is 0.394. The average molecular weight is 648 g/mol. The third-order valence-electron chi connectivity index (χ3n) is 9.44. The lowest BCUT2D eigenvalue weighted by Crippen LogP contribution is -2.57. The summed E-state index contributed by atoms with van der Waals surface area (Å²) >= 11 is 0. The van der Waals surface area contributed by atoms with Crippen LogP contribution in [0.25, 0.3) is 11.0 Å². The van der Waals surface area contributed by atoms with Crippen molar-refractivity contribution in [3.8, 4) is 11.6 Å². The summed E-state index contributed by atoms with van der Waals surface area (Å²) < 4.78 is 23.8. The molecule has 0 unspecified atom stereocenters. The van der Waals surface area contributed by atoms with Crippen LogP contribution in [-0.4, -0.2) is 68.5 Å². The number of ether oxygens (including phenoxy) is 3. The summed E-state index contributed by atoms with van der Waals surface area (Å²) in [5.74, 6) is 1.68. The predicted molar refractivity (Wildman–Crippen MR) is 172 cm³/mol. The molecule has 3 aliphatic rings. The topological polar surface area (TPSA) is 146 Å². The zero-order valence-corrected chi connectivity index (χ0v) is 28.1. The number of alkyl carbamates (subject to hydrolysis) is 1. The third-order valence-corrected chi connectivity index (χ3v) is 9.44. The van der Waals surface area contributed by atoms with Gasteiger partial charge >= 0.3 is 6.09 Å². The van der Waals surface area contributed by atoms with Gasteiger partial charge in [-0.2, -0.15) is 0 Å². The van der Waals surface area contributed by atoms with Crippen molar-refractivity contribution in [2.24, 2.45) is 17.3 Å². The maximum atomic E-state index is 14.2. The first kappa shape index (κ1) is 32.7. The van der Waals surface area contributed by atoms with E-state index in [-0.39, 0.29) is 36.9 Å². The van der Waals surface area contributed by atoms with Crippen molar-refractivity contribution in [2.75, 3.05) is 6.54 Å². The minimum atomic E-state index is -0.895. The van der Waals surface area contributed by atoms with Gasteiger partial charge in [-0.05, 0) is 63.0 Å². The number of fused-ring (bicyclic) bond motifs is 5. The van der Waals surface area contributed by atoms with Crippen molar-refractivity contribution in [3.05, 3.63) is 41.7 Å². The highest BCUT2D eigenvalue weighted by Crippen LogP contribution is 2.39. The molecular weight excluding hydrogens is 602 g/mol. The number of rotatable bonds is 4. The Morgan fingerprint density at radius 3 is 2.62 bits per heavy atom. The van der Waals surface area contributed by atoms with Gasteiger partial charge in [0.1, 0.15) is 35.5 Å². The van der Waals surface area contributed by atoms with Crippen molar-refractivity contribution in [1.29, 1.82) is 0 Å². The zero-order chi connectivity index (χ0) is 33.5. The van der Waals surface area contributed by atoms with E-state index in [1.54, 1.807) is 11.1 Å². The number of hydrogen-bond donors (Lipinski definition) is 1. The van der Waals surface area contributed by atoms with Crippen LogP contribution in [0.4, 0.5) is 4.79 Å². The molecule has 12 nitrogen and oxygen atoms in total. The van der Waals surface area contributed by atoms with Crippen molar-refractivity contribution in [2.45, 2.75) is 111 Å². The molecule has 1 saturated heterocycles. The predicted octanol–water partition coefficient (Wildman–Crippen LogP) is 5.33. The van der Waals surface area contributed by atoms with Gasteiger partial charge < -0.3 is 28.8 Å². The highest BCUT2D eigenvalue weighted by atomic mass is 16.6. The van der Waals surface area contributed by atoms with Crippen LogP contribution in [0, 0.1) is 24.2 Å². The van der Waals surface area contributed by atoms with E-state index in [9.17, 15) is 14.4 Å². The monoisotopic (exact) mass is 647 g/mol. The molecule has 0 spiro atoms. The number of oxazole rings is 1. The third kappa shape index (κ3) is 7.36. The molecule has 47 heavy (non-hydrogen) atoms. The Morgan fingerprint density at radius 1 is 1.09 bits per heavy atom. The molecule has 1 aromatic carbocycles. The molecule has 0 radical (unpaired) electrons. The number of nitrogens with zero attached hydrogens (tertiary/aromatic N) is 4. The van der Waals surface area contributed by atoms with E-state index in [0.29, 0.717) is 46.7 Å². The highest BCUT2D eigenvalue weighted by Gasteiger charge is 2.49. The van der Waals surface area contributed by atoms with Gasteiger partial charge in [0, 0.05) is 12.0 Å². The number of benzene rings is 1. The maximum absolute atomic E-state index is 14.2. The molecule has 3 aromatic rings. The summed E-state index contributed by atoms with van der Waals surface area (Å²) in [6, 6.07) is 3.92. The van der Waals surface area contributed by atoms with Gasteiger partial charge in [-0.1, -0.05) is 40.5 Å². The molecule has 2 bridgehead atoms. The van der Waals surface area contributed by atoms with Crippen LogP contribution in [0.3, 0.4) is 0 Å². The maximum Gasteiger partial charge on any atom is 0.408 e. The van der Waals surface area contributed by atoms with E-state index >= 15 is 0 Å². The Kier molecular flexibility index (Phi) is 9.13. The van der Waals surface area contributed by atoms with Crippen LogP contribution in [-0.2, 0) is 27.4 Å². The lowest BCUT2D eigenvalue weighted by molar-refractivity contribution is -0.141. The SMILES string of the molecule is CC(=O)[C@@H]1[C@H](C)[C@@H]2CN1C(=O)[C@H](C(C)(C)C)NC(=O)O[C@@H]1C[C@H]1CCCCCc1nc3ccc(OCc4ncc(C)o4)cc3nc1O2. The van der Waals surface area contributed by atoms with E-state index in [4.69, 9.17) is 28.6 Å². The first-order valence-electron chi connectivity index (χ1n) is 16.7. The lowest BCUT2D eigenvalue weighted by atomic mass is 9.85. The summed E-state index contributed by atoms with van der Waals surface area (Å²) in [6.45, 7) is 11.2. The molecule has 6 atom stereocenters. The van der Waals surface area contributed by atoms with E-state index < -0.39 is 29.7 Å².